The van der Waals surface area contributed by atoms with Crippen LogP contribution in [0.25, 0.3) is 0 Å². The summed E-state index contributed by atoms with van der Waals surface area (Å²) in [5.74, 6) is -0.373. The van der Waals surface area contributed by atoms with Gasteiger partial charge in [-0.25, -0.2) is 4.79 Å². The predicted octanol–water partition coefficient (Wildman–Crippen LogP) is 7.13. The highest BCUT2D eigenvalue weighted by molar-refractivity contribution is 7.38. The SMILES string of the molecule is CPC1CC/C(=C(/N)CNC(=O)N(CCC(F)(F)F)C(=N)c2ccc(Cl)cc2)C(=Nc2cccc(Cl)c2)C1. The van der Waals surface area contributed by atoms with Gasteiger partial charge in [-0.2, -0.15) is 13.2 Å². The van der Waals surface area contributed by atoms with Gasteiger partial charge in [-0.15, -0.1) is 8.58 Å². The molecule has 3 rings (SSSR count). The Balaban J connectivity index is 1.81. The maximum Gasteiger partial charge on any atom is 0.390 e. The zero-order chi connectivity index (χ0) is 27.9. The third-order valence-electron chi connectivity index (χ3n) is 6.08. The van der Waals surface area contributed by atoms with Crippen molar-refractivity contribution >= 4 is 55.0 Å². The zero-order valence-corrected chi connectivity index (χ0v) is 23.2. The van der Waals surface area contributed by atoms with Gasteiger partial charge in [-0.1, -0.05) is 29.3 Å². The average molecular weight is 586 g/mol. The average Bonchev–Trinajstić information content (AvgIpc) is 2.87. The molecular weight excluding hydrogens is 557 g/mol. The van der Waals surface area contributed by atoms with Crippen LogP contribution in [0.1, 0.15) is 31.2 Å². The first-order valence-electron chi connectivity index (χ1n) is 11.9. The Morgan fingerprint density at radius 2 is 1.92 bits per heavy atom. The van der Waals surface area contributed by atoms with Crippen LogP contribution in [0, 0.1) is 5.41 Å². The van der Waals surface area contributed by atoms with Gasteiger partial charge in [-0.05, 0) is 79.6 Å². The van der Waals surface area contributed by atoms with Crippen LogP contribution in [0.4, 0.5) is 23.7 Å². The molecule has 0 bridgehead atoms. The second-order valence-electron chi connectivity index (χ2n) is 8.80. The highest BCUT2D eigenvalue weighted by atomic mass is 35.5. The van der Waals surface area contributed by atoms with E-state index in [4.69, 9.17) is 39.3 Å². The van der Waals surface area contributed by atoms with Crippen molar-refractivity contribution in [1.82, 2.24) is 10.2 Å². The van der Waals surface area contributed by atoms with Crippen molar-refractivity contribution in [3.05, 3.63) is 75.4 Å². The predicted molar refractivity (Wildman–Crippen MR) is 151 cm³/mol. The second-order valence-corrected chi connectivity index (χ2v) is 11.1. The standard InChI is InChI=1S/C26H29Cl2F3N5OP/c1-38-20-9-10-21(23(14-20)35-19-4-2-3-18(28)13-19)22(32)15-34-25(37)36(12-11-26(29,30)31)24(33)16-5-7-17(27)8-6-16/h2-8,13,20,33,38H,9-12,14-15,32H2,1H3,(H,34,37)/b22-21-,33-24?,35-23?. The molecule has 1 saturated carbocycles. The number of allylic oxidation sites excluding steroid dienone is 1. The van der Waals surface area contributed by atoms with Crippen LogP contribution >= 0.6 is 31.8 Å². The minimum absolute atomic E-state index is 0.0990. The van der Waals surface area contributed by atoms with Crippen molar-refractivity contribution < 1.29 is 18.0 Å². The third kappa shape index (κ3) is 8.72. The van der Waals surface area contributed by atoms with Gasteiger partial charge in [0.25, 0.3) is 0 Å². The van der Waals surface area contributed by atoms with Crippen LogP contribution in [0.5, 0.6) is 0 Å². The lowest BCUT2D eigenvalue weighted by Crippen LogP contribution is -2.46. The fourth-order valence-electron chi connectivity index (χ4n) is 4.02. The molecule has 2 amide bonds. The summed E-state index contributed by atoms with van der Waals surface area (Å²) in [5, 5.41) is 11.9. The number of hydrogen-bond donors (Lipinski definition) is 3. The number of amidine groups is 1. The number of nitrogens with one attached hydrogen (secondary N) is 2. The Kier molecular flexibility index (Phi) is 10.6. The number of amides is 2. The van der Waals surface area contributed by atoms with E-state index < -0.39 is 25.2 Å². The molecule has 2 aromatic carbocycles. The summed E-state index contributed by atoms with van der Waals surface area (Å²) in [7, 11) is 0.735. The van der Waals surface area contributed by atoms with Crippen molar-refractivity contribution in [2.45, 2.75) is 37.5 Å². The molecule has 2 atom stereocenters. The third-order valence-corrected chi connectivity index (χ3v) is 7.88. The summed E-state index contributed by atoms with van der Waals surface area (Å²) >= 11 is 12.0. The van der Waals surface area contributed by atoms with Crippen LogP contribution in [0.2, 0.25) is 10.0 Å². The van der Waals surface area contributed by atoms with E-state index in [1.165, 1.54) is 24.3 Å². The quantitative estimate of drug-likeness (QED) is 0.183. The molecule has 0 aromatic heterocycles. The van der Waals surface area contributed by atoms with Crippen LogP contribution in [0.3, 0.4) is 0 Å². The number of nitrogens with zero attached hydrogens (tertiary/aromatic N) is 2. The number of urea groups is 1. The highest BCUT2D eigenvalue weighted by Gasteiger charge is 2.31. The maximum absolute atomic E-state index is 13.0. The number of carbonyl (C=O) groups excluding carboxylic acids is 1. The van der Waals surface area contributed by atoms with E-state index in [2.05, 4.69) is 12.0 Å². The van der Waals surface area contributed by atoms with E-state index in [-0.39, 0.29) is 17.9 Å². The smallest absolute Gasteiger partial charge is 0.390 e. The summed E-state index contributed by atoms with van der Waals surface area (Å²) in [6, 6.07) is 12.3. The molecule has 2 aromatic rings. The minimum Gasteiger partial charge on any atom is -0.400 e. The molecule has 2 unspecified atom stereocenters. The molecule has 1 aliphatic carbocycles. The first kappa shape index (κ1) is 29.9. The lowest BCUT2D eigenvalue weighted by Gasteiger charge is -2.27. The molecule has 0 saturated heterocycles. The lowest BCUT2D eigenvalue weighted by molar-refractivity contribution is -0.135. The maximum atomic E-state index is 13.0. The number of benzene rings is 2. The number of hydrogen-bond acceptors (Lipinski definition) is 4. The Morgan fingerprint density at radius 3 is 2.55 bits per heavy atom. The van der Waals surface area contributed by atoms with Crippen LogP contribution < -0.4 is 11.1 Å². The number of nitrogens with two attached hydrogens (primary N) is 1. The first-order valence-corrected chi connectivity index (χ1v) is 14.2. The Morgan fingerprint density at radius 1 is 1.21 bits per heavy atom. The first-order chi connectivity index (χ1) is 18.0. The van der Waals surface area contributed by atoms with Crippen molar-refractivity contribution in [2.24, 2.45) is 10.7 Å². The normalized spacial score (nSPS) is 18.6. The molecule has 38 heavy (non-hydrogen) atoms. The highest BCUT2D eigenvalue weighted by Crippen LogP contribution is 2.34. The van der Waals surface area contributed by atoms with Gasteiger partial charge >= 0.3 is 12.2 Å². The van der Waals surface area contributed by atoms with Crippen molar-refractivity contribution in [3.8, 4) is 0 Å². The number of aliphatic imine (C=N–C) groups is 1. The molecule has 0 aliphatic heterocycles. The molecule has 204 valence electrons. The van der Waals surface area contributed by atoms with Gasteiger partial charge in [0.1, 0.15) is 5.84 Å². The number of halogens is 5. The minimum atomic E-state index is -4.50. The Bertz CT molecular complexity index is 1220. The molecule has 0 heterocycles. The fraction of sp³-hybridized carbons (Fsp3) is 0.346. The van der Waals surface area contributed by atoms with E-state index in [9.17, 15) is 18.0 Å². The largest absolute Gasteiger partial charge is 0.400 e. The second kappa shape index (κ2) is 13.5. The monoisotopic (exact) mass is 585 g/mol. The van der Waals surface area contributed by atoms with Gasteiger partial charge < -0.3 is 11.1 Å². The summed E-state index contributed by atoms with van der Waals surface area (Å²) in [6.45, 7) is 1.33. The topological polar surface area (TPSA) is 94.6 Å². The summed E-state index contributed by atoms with van der Waals surface area (Å²) in [5.41, 5.74) is 9.82. The zero-order valence-electron chi connectivity index (χ0n) is 20.7. The molecule has 0 spiro atoms. The molecule has 0 radical (unpaired) electrons. The molecule has 4 N–H and O–H groups in total. The number of alkyl halides is 3. The number of rotatable bonds is 7. The van der Waals surface area contributed by atoms with Crippen LogP contribution in [-0.2, 0) is 0 Å². The molecule has 1 fully saturated rings. The van der Waals surface area contributed by atoms with E-state index >= 15 is 0 Å². The van der Waals surface area contributed by atoms with Crippen LogP contribution in [0.15, 0.2) is 64.8 Å². The van der Waals surface area contributed by atoms with Crippen molar-refractivity contribution in [3.63, 3.8) is 0 Å². The number of carbonyl (C=O) groups is 1. The van der Waals surface area contributed by atoms with Gasteiger partial charge in [0, 0.05) is 33.6 Å². The molecule has 12 heteroatoms. The fourth-order valence-corrected chi connectivity index (χ4v) is 5.16. The van der Waals surface area contributed by atoms with Gasteiger partial charge in [0.15, 0.2) is 0 Å². The van der Waals surface area contributed by atoms with E-state index in [0.717, 1.165) is 37.6 Å². The molecule has 1 aliphatic rings. The van der Waals surface area contributed by atoms with Crippen molar-refractivity contribution in [2.75, 3.05) is 19.8 Å². The molecule has 6 nitrogen and oxygen atoms in total. The summed E-state index contributed by atoms with van der Waals surface area (Å²) in [4.78, 5) is 18.5. The summed E-state index contributed by atoms with van der Waals surface area (Å²) < 4.78 is 38.9. The van der Waals surface area contributed by atoms with Crippen LogP contribution in [-0.4, -0.2) is 54.1 Å². The van der Waals surface area contributed by atoms with E-state index in [1.807, 2.05) is 12.1 Å². The van der Waals surface area contributed by atoms with Gasteiger partial charge in [0.05, 0.1) is 18.7 Å². The molecular formula is C26H29Cl2F3N5OP. The summed E-state index contributed by atoms with van der Waals surface area (Å²) in [6.07, 6.45) is -3.44. The van der Waals surface area contributed by atoms with E-state index in [1.54, 1.807) is 12.1 Å². The van der Waals surface area contributed by atoms with Gasteiger partial charge in [0.2, 0.25) is 0 Å². The Hall–Kier alpha value is -2.61. The lowest BCUT2D eigenvalue weighted by atomic mass is 9.90. The van der Waals surface area contributed by atoms with E-state index in [0.29, 0.717) is 33.5 Å². The van der Waals surface area contributed by atoms with Crippen molar-refractivity contribution in [1.29, 1.82) is 5.41 Å². The Labute approximate surface area is 231 Å². The van der Waals surface area contributed by atoms with Gasteiger partial charge in [-0.3, -0.25) is 15.3 Å².